The molecule has 4 rings (SSSR count). The van der Waals surface area contributed by atoms with Crippen LogP contribution in [-0.2, 0) is 4.79 Å². The van der Waals surface area contributed by atoms with Gasteiger partial charge in [0.2, 0.25) is 5.82 Å². The number of nitrogens with one attached hydrogen (secondary N) is 1. The zero-order valence-electron chi connectivity index (χ0n) is 16.1. The number of rotatable bonds is 6. The number of carbonyl (C=O) groups excluding carboxylic acids is 1. The molecule has 0 aliphatic carbocycles. The molecule has 30 heavy (non-hydrogen) atoms. The largest absolute Gasteiger partial charge is 0.484 e. The van der Waals surface area contributed by atoms with E-state index < -0.39 is 0 Å². The average Bonchev–Trinajstić information content (AvgIpc) is 3.23. The Labute approximate surface area is 172 Å². The van der Waals surface area contributed by atoms with Gasteiger partial charge in [-0.3, -0.25) is 4.79 Å². The summed E-state index contributed by atoms with van der Waals surface area (Å²) in [4.78, 5) is 16.4. The molecule has 1 N–H and O–H groups in total. The quantitative estimate of drug-likeness (QED) is 0.497. The zero-order valence-corrected chi connectivity index (χ0v) is 16.1. The molecule has 4 aromatic rings. The van der Waals surface area contributed by atoms with Gasteiger partial charge in [0, 0.05) is 16.8 Å². The first kappa shape index (κ1) is 19.3. The topological polar surface area (TPSA) is 77.2 Å². The van der Waals surface area contributed by atoms with E-state index in [1.165, 1.54) is 12.1 Å². The summed E-state index contributed by atoms with van der Waals surface area (Å²) in [6.45, 7) is 1.81. The van der Waals surface area contributed by atoms with Gasteiger partial charge >= 0.3 is 0 Å². The van der Waals surface area contributed by atoms with Gasteiger partial charge in [-0.2, -0.15) is 4.98 Å². The Morgan fingerprint density at radius 2 is 1.83 bits per heavy atom. The van der Waals surface area contributed by atoms with E-state index in [9.17, 15) is 9.18 Å². The maximum Gasteiger partial charge on any atom is 0.262 e. The van der Waals surface area contributed by atoms with Crippen LogP contribution in [0.25, 0.3) is 22.8 Å². The Morgan fingerprint density at radius 3 is 2.67 bits per heavy atom. The number of ether oxygens (including phenoxy) is 1. The molecule has 0 spiro atoms. The highest BCUT2D eigenvalue weighted by Gasteiger charge is 2.12. The Kier molecular flexibility index (Phi) is 5.52. The number of aryl methyl sites for hydroxylation is 1. The van der Waals surface area contributed by atoms with Crippen molar-refractivity contribution in [3.8, 4) is 28.6 Å². The number of hydrogen-bond acceptors (Lipinski definition) is 5. The van der Waals surface area contributed by atoms with Crippen molar-refractivity contribution in [2.75, 3.05) is 11.9 Å². The van der Waals surface area contributed by atoms with Crippen LogP contribution in [0.5, 0.6) is 5.75 Å². The predicted octanol–water partition coefficient (Wildman–Crippen LogP) is 4.87. The lowest BCUT2D eigenvalue weighted by atomic mass is 10.2. The summed E-state index contributed by atoms with van der Waals surface area (Å²) in [5, 5.41) is 6.74. The standard InChI is InChI=1S/C23H18FN3O3/c1-15-5-2-9-19(11-15)25-21(28)14-29-20-10-4-6-16(13-20)22-26-23(30-27-22)17-7-3-8-18(24)12-17/h2-13H,14H2,1H3,(H,25,28). The van der Waals surface area contributed by atoms with E-state index in [1.54, 1.807) is 36.4 Å². The zero-order chi connectivity index (χ0) is 20.9. The molecule has 0 fully saturated rings. The maximum atomic E-state index is 13.4. The summed E-state index contributed by atoms with van der Waals surface area (Å²) < 4.78 is 24.2. The van der Waals surface area contributed by atoms with Crippen molar-refractivity contribution in [3.05, 3.63) is 84.2 Å². The highest BCUT2D eigenvalue weighted by atomic mass is 19.1. The first-order chi connectivity index (χ1) is 14.6. The van der Waals surface area contributed by atoms with Crippen molar-refractivity contribution >= 4 is 11.6 Å². The first-order valence-corrected chi connectivity index (χ1v) is 9.26. The molecule has 3 aromatic carbocycles. The van der Waals surface area contributed by atoms with E-state index in [-0.39, 0.29) is 24.2 Å². The summed E-state index contributed by atoms with van der Waals surface area (Å²) in [6.07, 6.45) is 0. The number of nitrogens with zero attached hydrogens (tertiary/aromatic N) is 2. The van der Waals surface area contributed by atoms with Gasteiger partial charge in [0.1, 0.15) is 11.6 Å². The molecule has 0 atom stereocenters. The van der Waals surface area contributed by atoms with Crippen LogP contribution in [0.15, 0.2) is 77.3 Å². The number of benzene rings is 3. The van der Waals surface area contributed by atoms with Crippen LogP contribution in [0, 0.1) is 12.7 Å². The Balaban J connectivity index is 1.42. The van der Waals surface area contributed by atoms with Gasteiger partial charge in [0.15, 0.2) is 6.61 Å². The van der Waals surface area contributed by atoms with Gasteiger partial charge in [-0.05, 0) is 55.0 Å². The number of hydrogen-bond donors (Lipinski definition) is 1. The molecule has 0 aliphatic heterocycles. The van der Waals surface area contributed by atoms with Gasteiger partial charge < -0.3 is 14.6 Å². The number of aromatic nitrogens is 2. The monoisotopic (exact) mass is 403 g/mol. The van der Waals surface area contributed by atoms with Crippen molar-refractivity contribution in [2.45, 2.75) is 6.92 Å². The Hall–Kier alpha value is -4.00. The molecule has 150 valence electrons. The van der Waals surface area contributed by atoms with E-state index >= 15 is 0 Å². The molecule has 0 saturated carbocycles. The van der Waals surface area contributed by atoms with E-state index in [2.05, 4.69) is 15.5 Å². The minimum atomic E-state index is -0.383. The number of anilines is 1. The van der Waals surface area contributed by atoms with Crippen LogP contribution >= 0.6 is 0 Å². The van der Waals surface area contributed by atoms with E-state index in [1.807, 2.05) is 31.2 Å². The number of amides is 1. The van der Waals surface area contributed by atoms with Gasteiger partial charge in [0.05, 0.1) is 0 Å². The van der Waals surface area contributed by atoms with Crippen molar-refractivity contribution in [1.82, 2.24) is 10.1 Å². The molecule has 1 aromatic heterocycles. The molecule has 1 heterocycles. The van der Waals surface area contributed by atoms with Crippen LogP contribution in [0.2, 0.25) is 0 Å². The second-order valence-corrected chi connectivity index (χ2v) is 6.67. The second-order valence-electron chi connectivity index (χ2n) is 6.67. The molecule has 0 aliphatic rings. The number of halogens is 1. The third-order valence-electron chi connectivity index (χ3n) is 4.26. The van der Waals surface area contributed by atoms with Gasteiger partial charge in [-0.15, -0.1) is 0 Å². The molecular weight excluding hydrogens is 385 g/mol. The Morgan fingerprint density at radius 1 is 1.03 bits per heavy atom. The lowest BCUT2D eigenvalue weighted by Gasteiger charge is -2.08. The smallest absolute Gasteiger partial charge is 0.262 e. The molecule has 7 heteroatoms. The fraction of sp³-hybridized carbons (Fsp3) is 0.0870. The molecular formula is C23H18FN3O3. The van der Waals surface area contributed by atoms with Crippen LogP contribution in [0.3, 0.4) is 0 Å². The van der Waals surface area contributed by atoms with E-state index in [0.717, 1.165) is 5.56 Å². The van der Waals surface area contributed by atoms with Crippen molar-refractivity contribution in [1.29, 1.82) is 0 Å². The maximum absolute atomic E-state index is 13.4. The minimum absolute atomic E-state index is 0.141. The van der Waals surface area contributed by atoms with E-state index in [4.69, 9.17) is 9.26 Å². The third kappa shape index (κ3) is 4.70. The fourth-order valence-corrected chi connectivity index (χ4v) is 2.87. The molecule has 6 nitrogen and oxygen atoms in total. The number of carbonyl (C=O) groups is 1. The van der Waals surface area contributed by atoms with Crippen molar-refractivity contribution in [2.24, 2.45) is 0 Å². The van der Waals surface area contributed by atoms with Crippen LogP contribution in [0.1, 0.15) is 5.56 Å². The van der Waals surface area contributed by atoms with E-state index in [0.29, 0.717) is 28.4 Å². The molecule has 0 unspecified atom stereocenters. The SMILES string of the molecule is Cc1cccc(NC(=O)COc2cccc(-c3noc(-c4cccc(F)c4)n3)c2)c1. The van der Waals surface area contributed by atoms with Crippen LogP contribution in [-0.4, -0.2) is 22.7 Å². The normalized spacial score (nSPS) is 10.6. The lowest BCUT2D eigenvalue weighted by molar-refractivity contribution is -0.118. The highest BCUT2D eigenvalue weighted by molar-refractivity contribution is 5.91. The summed E-state index contributed by atoms with van der Waals surface area (Å²) in [5.41, 5.74) is 2.92. The predicted molar refractivity (Wildman–Crippen MR) is 110 cm³/mol. The minimum Gasteiger partial charge on any atom is -0.484 e. The lowest BCUT2D eigenvalue weighted by Crippen LogP contribution is -2.20. The molecule has 0 radical (unpaired) electrons. The van der Waals surface area contributed by atoms with Crippen LogP contribution in [0.4, 0.5) is 10.1 Å². The van der Waals surface area contributed by atoms with Crippen molar-refractivity contribution < 1.29 is 18.4 Å². The average molecular weight is 403 g/mol. The summed E-state index contributed by atoms with van der Waals surface area (Å²) in [7, 11) is 0. The fourth-order valence-electron chi connectivity index (χ4n) is 2.87. The van der Waals surface area contributed by atoms with Crippen molar-refractivity contribution in [3.63, 3.8) is 0 Å². The summed E-state index contributed by atoms with van der Waals surface area (Å²) >= 11 is 0. The first-order valence-electron chi connectivity index (χ1n) is 9.26. The van der Waals surface area contributed by atoms with Gasteiger partial charge in [-0.1, -0.05) is 35.5 Å². The molecule has 0 saturated heterocycles. The van der Waals surface area contributed by atoms with Gasteiger partial charge in [-0.25, -0.2) is 4.39 Å². The molecule has 1 amide bonds. The summed E-state index contributed by atoms with van der Waals surface area (Å²) in [5.74, 6) is 0.395. The second kappa shape index (κ2) is 8.57. The van der Waals surface area contributed by atoms with Crippen LogP contribution < -0.4 is 10.1 Å². The van der Waals surface area contributed by atoms with Gasteiger partial charge in [0.25, 0.3) is 11.8 Å². The Bertz CT molecular complexity index is 1190. The highest BCUT2D eigenvalue weighted by Crippen LogP contribution is 2.25. The third-order valence-corrected chi connectivity index (χ3v) is 4.26. The summed E-state index contributed by atoms with van der Waals surface area (Å²) in [6, 6.07) is 20.5. The molecule has 0 bridgehead atoms.